The molecule has 1 saturated heterocycles. The zero-order valence-electron chi connectivity index (χ0n) is 20.6. The molecule has 6 heteroatoms. The molecule has 4 aromatic rings. The largest absolute Gasteiger partial charge is 0.351 e. The predicted molar refractivity (Wildman–Crippen MR) is 152 cm³/mol. The number of para-hydroxylation sites is 1. The molecule has 178 valence electrons. The Labute approximate surface area is 221 Å². The van der Waals surface area contributed by atoms with Crippen molar-refractivity contribution in [3.63, 3.8) is 0 Å². The summed E-state index contributed by atoms with van der Waals surface area (Å²) in [6.45, 7) is 10.9. The van der Waals surface area contributed by atoms with Crippen molar-refractivity contribution in [1.82, 2.24) is 14.9 Å². The van der Waals surface area contributed by atoms with E-state index in [9.17, 15) is 0 Å². The normalized spacial score (nSPS) is 17.7. The summed E-state index contributed by atoms with van der Waals surface area (Å²) in [5.74, 6) is 0. The fourth-order valence-electron chi connectivity index (χ4n) is 5.32. The average molecular weight is 546 g/mol. The fraction of sp³-hybridized carbons (Fsp3) is 0.241. The average Bonchev–Trinajstić information content (AvgIpc) is 3.32. The Hall–Kier alpha value is -2.96. The van der Waals surface area contributed by atoms with Crippen LogP contribution in [0.25, 0.3) is 5.69 Å². The van der Waals surface area contributed by atoms with E-state index in [1.807, 2.05) is 18.3 Å². The van der Waals surface area contributed by atoms with E-state index in [0.717, 1.165) is 15.9 Å². The van der Waals surface area contributed by atoms with Crippen molar-refractivity contribution in [3.8, 4) is 5.69 Å². The van der Waals surface area contributed by atoms with Gasteiger partial charge in [0.2, 0.25) is 0 Å². The topological polar surface area (TPSA) is 33.1 Å². The lowest BCUT2D eigenvalue weighted by Crippen LogP contribution is -2.29. The summed E-state index contributed by atoms with van der Waals surface area (Å²) in [5, 5.41) is 4.31. The molecule has 0 spiro atoms. The molecule has 4 nitrogen and oxygen atoms in total. The van der Waals surface area contributed by atoms with Crippen LogP contribution in [0.2, 0.25) is 0 Å². The van der Waals surface area contributed by atoms with Crippen molar-refractivity contribution in [2.24, 2.45) is 0 Å². The van der Waals surface area contributed by atoms with Gasteiger partial charge < -0.3 is 14.8 Å². The maximum atomic E-state index is 5.94. The Morgan fingerprint density at radius 3 is 2.29 bits per heavy atom. The van der Waals surface area contributed by atoms with E-state index in [4.69, 9.17) is 17.2 Å². The van der Waals surface area contributed by atoms with E-state index in [0.29, 0.717) is 5.11 Å². The highest BCUT2D eigenvalue weighted by Crippen LogP contribution is 2.44. The molecular formula is C29H29BrN4S. The van der Waals surface area contributed by atoms with Gasteiger partial charge >= 0.3 is 0 Å². The zero-order valence-corrected chi connectivity index (χ0v) is 23.0. The smallest absolute Gasteiger partial charge is 0.174 e. The number of anilines is 1. The second-order valence-electron chi connectivity index (χ2n) is 9.33. The molecule has 3 heterocycles. The molecule has 35 heavy (non-hydrogen) atoms. The van der Waals surface area contributed by atoms with Crippen LogP contribution in [-0.4, -0.2) is 14.7 Å². The highest BCUT2D eigenvalue weighted by Gasteiger charge is 2.42. The number of thiocarbonyl (C=S) groups is 1. The summed E-state index contributed by atoms with van der Waals surface area (Å²) in [4.78, 5) is 6.97. The highest BCUT2D eigenvalue weighted by atomic mass is 79.9. The molecule has 0 bridgehead atoms. The molecule has 0 saturated carbocycles. The third-order valence-electron chi connectivity index (χ3n) is 6.97. The molecule has 1 aliphatic rings. The molecule has 1 fully saturated rings. The summed E-state index contributed by atoms with van der Waals surface area (Å²) in [6, 6.07) is 21.2. The van der Waals surface area contributed by atoms with Crippen LogP contribution >= 0.6 is 28.1 Å². The molecule has 5 rings (SSSR count). The first kappa shape index (κ1) is 23.8. The maximum Gasteiger partial charge on any atom is 0.174 e. The van der Waals surface area contributed by atoms with Crippen LogP contribution in [0, 0.1) is 34.6 Å². The van der Waals surface area contributed by atoms with Crippen molar-refractivity contribution in [2.45, 2.75) is 46.7 Å². The van der Waals surface area contributed by atoms with Gasteiger partial charge in [0.1, 0.15) is 0 Å². The Kier molecular flexibility index (Phi) is 6.28. The summed E-state index contributed by atoms with van der Waals surface area (Å²) in [5.41, 5.74) is 10.7. The lowest BCUT2D eigenvalue weighted by molar-refractivity contribution is 0.565. The van der Waals surface area contributed by atoms with Gasteiger partial charge in [-0.1, -0.05) is 40.2 Å². The van der Waals surface area contributed by atoms with Crippen molar-refractivity contribution >= 4 is 38.9 Å². The van der Waals surface area contributed by atoms with E-state index in [-0.39, 0.29) is 12.1 Å². The summed E-state index contributed by atoms with van der Waals surface area (Å²) in [6.07, 6.45) is 1.85. The lowest BCUT2D eigenvalue weighted by atomic mass is 9.96. The van der Waals surface area contributed by atoms with Gasteiger partial charge in [-0.05, 0) is 105 Å². The van der Waals surface area contributed by atoms with Crippen molar-refractivity contribution in [3.05, 3.63) is 111 Å². The van der Waals surface area contributed by atoms with Gasteiger partial charge in [-0.2, -0.15) is 0 Å². The van der Waals surface area contributed by atoms with Crippen LogP contribution in [0.3, 0.4) is 0 Å². The van der Waals surface area contributed by atoms with Gasteiger partial charge in [-0.3, -0.25) is 4.98 Å². The number of halogens is 1. The molecule has 1 aliphatic heterocycles. The minimum absolute atomic E-state index is 0.0396. The Morgan fingerprint density at radius 1 is 0.886 bits per heavy atom. The van der Waals surface area contributed by atoms with E-state index in [1.165, 1.54) is 39.3 Å². The molecule has 2 aromatic heterocycles. The van der Waals surface area contributed by atoms with Gasteiger partial charge in [0.05, 0.1) is 23.5 Å². The quantitative estimate of drug-likeness (QED) is 0.272. The minimum atomic E-state index is -0.0698. The fourth-order valence-corrected chi connectivity index (χ4v) is 5.91. The van der Waals surface area contributed by atoms with Crippen LogP contribution in [0.5, 0.6) is 0 Å². The van der Waals surface area contributed by atoms with Crippen LogP contribution < -0.4 is 10.2 Å². The van der Waals surface area contributed by atoms with E-state index in [2.05, 4.69) is 114 Å². The van der Waals surface area contributed by atoms with E-state index >= 15 is 0 Å². The molecule has 2 unspecified atom stereocenters. The first-order valence-electron chi connectivity index (χ1n) is 11.8. The second kappa shape index (κ2) is 9.25. The number of benzene rings is 2. The van der Waals surface area contributed by atoms with Gasteiger partial charge in [-0.15, -0.1) is 0 Å². The number of pyridine rings is 1. The van der Waals surface area contributed by atoms with Gasteiger partial charge in [0, 0.05) is 27.7 Å². The third-order valence-corrected chi connectivity index (χ3v) is 8.17. The Balaban J connectivity index is 1.72. The maximum absolute atomic E-state index is 5.94. The summed E-state index contributed by atoms with van der Waals surface area (Å²) in [7, 11) is 0. The standard InChI is InChI=1S/C29H29BrN4S/c1-17-9-8-10-18(2)27(17)33-20(4)16-23(21(33)5)28-26(25-11-6-7-14-31-25)32-29(35)34(28)22-12-13-24(30)19(3)15-22/h6-16,26,28H,1-5H3,(H,32,35). The summed E-state index contributed by atoms with van der Waals surface area (Å²) < 4.78 is 3.48. The van der Waals surface area contributed by atoms with Crippen LogP contribution in [0.15, 0.2) is 71.3 Å². The first-order chi connectivity index (χ1) is 16.8. The lowest BCUT2D eigenvalue weighted by Gasteiger charge is -2.28. The number of hydrogen-bond donors (Lipinski definition) is 1. The monoisotopic (exact) mass is 544 g/mol. The van der Waals surface area contributed by atoms with Gasteiger partial charge in [-0.25, -0.2) is 0 Å². The number of nitrogens with one attached hydrogen (secondary N) is 1. The summed E-state index contributed by atoms with van der Waals surface area (Å²) >= 11 is 9.58. The molecule has 0 amide bonds. The number of nitrogens with zero attached hydrogens (tertiary/aromatic N) is 3. The van der Waals surface area contributed by atoms with Gasteiger partial charge in [0.15, 0.2) is 5.11 Å². The number of rotatable bonds is 4. The molecular weight excluding hydrogens is 516 g/mol. The molecule has 2 aromatic carbocycles. The molecule has 1 N–H and O–H groups in total. The van der Waals surface area contributed by atoms with Crippen molar-refractivity contribution in [2.75, 3.05) is 4.90 Å². The minimum Gasteiger partial charge on any atom is -0.351 e. The zero-order chi connectivity index (χ0) is 24.9. The van der Waals surface area contributed by atoms with E-state index < -0.39 is 0 Å². The number of aryl methyl sites for hydroxylation is 4. The van der Waals surface area contributed by atoms with E-state index in [1.54, 1.807) is 0 Å². The van der Waals surface area contributed by atoms with Gasteiger partial charge in [0.25, 0.3) is 0 Å². The predicted octanol–water partition coefficient (Wildman–Crippen LogP) is 7.35. The highest BCUT2D eigenvalue weighted by molar-refractivity contribution is 9.10. The van der Waals surface area contributed by atoms with Crippen molar-refractivity contribution < 1.29 is 0 Å². The van der Waals surface area contributed by atoms with Crippen LogP contribution in [0.4, 0.5) is 5.69 Å². The number of aromatic nitrogens is 2. The third kappa shape index (κ3) is 4.09. The SMILES string of the molecule is Cc1cc(N2C(=S)NC(c3ccccn3)C2c2cc(C)n(-c3c(C)cccc3C)c2C)ccc1Br. The Morgan fingerprint density at radius 2 is 1.63 bits per heavy atom. The van der Waals surface area contributed by atoms with Crippen LogP contribution in [0.1, 0.15) is 51.4 Å². The molecule has 2 atom stereocenters. The molecule has 0 radical (unpaired) electrons. The second-order valence-corrected chi connectivity index (χ2v) is 10.6. The first-order valence-corrected chi connectivity index (χ1v) is 13.0. The van der Waals surface area contributed by atoms with Crippen molar-refractivity contribution in [1.29, 1.82) is 0 Å². The Bertz CT molecular complexity index is 1410. The van der Waals surface area contributed by atoms with Crippen LogP contribution in [-0.2, 0) is 0 Å². The molecule has 0 aliphatic carbocycles. The number of hydrogen-bond acceptors (Lipinski definition) is 2.